The van der Waals surface area contributed by atoms with Crippen LogP contribution in [0.4, 0.5) is 16.2 Å². The van der Waals surface area contributed by atoms with Gasteiger partial charge in [-0.1, -0.05) is 27.7 Å². The third-order valence-electron chi connectivity index (χ3n) is 6.87. The summed E-state index contributed by atoms with van der Waals surface area (Å²) in [5.74, 6) is 0.821. The molecule has 3 N–H and O–H groups in total. The largest absolute Gasteiger partial charge is 0.477 e. The second-order valence-corrected chi connectivity index (χ2v) is 16.7. The van der Waals surface area contributed by atoms with Crippen molar-refractivity contribution in [2.45, 2.75) is 90.8 Å². The molecule has 9 heteroatoms. The molecule has 0 bridgehead atoms. The van der Waals surface area contributed by atoms with E-state index in [0.717, 1.165) is 24.2 Å². The number of aromatic nitrogens is 1. The maximum absolute atomic E-state index is 12.8. The molecule has 186 valence electrons. The smallest absolute Gasteiger partial charge is 0.408 e. The van der Waals surface area contributed by atoms with E-state index in [9.17, 15) is 4.79 Å². The highest BCUT2D eigenvalue weighted by Gasteiger charge is 2.45. The maximum atomic E-state index is 12.8. The summed E-state index contributed by atoms with van der Waals surface area (Å²) < 4.78 is 18.2. The molecule has 1 unspecified atom stereocenters. The summed E-state index contributed by atoms with van der Waals surface area (Å²) in [4.78, 5) is 19.4. The zero-order valence-electron chi connectivity index (χ0n) is 21.7. The van der Waals surface area contributed by atoms with Crippen LogP contribution in [0.1, 0.15) is 54.0 Å². The fourth-order valence-corrected chi connectivity index (χ4v) is 5.69. The lowest BCUT2D eigenvalue weighted by atomic mass is 9.91. The number of carbonyl (C=O) groups excluding carboxylic acids is 1. The molecule has 0 aliphatic carbocycles. The Morgan fingerprint density at radius 2 is 1.91 bits per heavy atom. The first kappa shape index (κ1) is 25.6. The van der Waals surface area contributed by atoms with Crippen LogP contribution in [0.5, 0.6) is 5.88 Å². The predicted octanol–water partition coefficient (Wildman–Crippen LogP) is 4.34. The van der Waals surface area contributed by atoms with Crippen molar-refractivity contribution in [1.29, 1.82) is 0 Å². The number of nitrogens with one attached hydrogen (secondary N) is 1. The predicted molar refractivity (Wildman–Crippen MR) is 134 cm³/mol. The molecule has 1 amide bonds. The molecular weight excluding hydrogens is 436 g/mol. The lowest BCUT2D eigenvalue weighted by molar-refractivity contribution is 0.0336. The van der Waals surface area contributed by atoms with Gasteiger partial charge in [0, 0.05) is 31.0 Å². The second-order valence-electron chi connectivity index (χ2n) is 11.9. The minimum atomic E-state index is -2.07. The van der Waals surface area contributed by atoms with Gasteiger partial charge in [-0.25, -0.2) is 9.78 Å². The van der Waals surface area contributed by atoms with E-state index in [4.69, 9.17) is 19.6 Å². The number of fused-ring (bicyclic) bond motifs is 1. The fraction of sp³-hybridized carbons (Fsp3) is 0.750. The van der Waals surface area contributed by atoms with Gasteiger partial charge in [0.25, 0.3) is 0 Å². The number of nitrogen functional groups attached to an aromatic ring is 1. The van der Waals surface area contributed by atoms with Gasteiger partial charge < -0.3 is 29.9 Å². The number of nitrogens with zero attached hydrogens (tertiary/aromatic N) is 2. The number of pyridine rings is 1. The Morgan fingerprint density at radius 1 is 1.24 bits per heavy atom. The number of hydrogen-bond acceptors (Lipinski definition) is 7. The minimum Gasteiger partial charge on any atom is -0.477 e. The van der Waals surface area contributed by atoms with Crippen LogP contribution in [-0.4, -0.2) is 56.8 Å². The molecule has 0 radical (unpaired) electrons. The molecule has 3 atom stereocenters. The number of alkyl carbamates (subject to hydrolysis) is 1. The molecule has 33 heavy (non-hydrogen) atoms. The second kappa shape index (κ2) is 8.98. The Kier molecular flexibility index (Phi) is 6.97. The first-order valence-electron chi connectivity index (χ1n) is 11.9. The van der Waals surface area contributed by atoms with Crippen molar-refractivity contribution in [3.63, 3.8) is 0 Å². The summed E-state index contributed by atoms with van der Waals surface area (Å²) in [7, 11) is -2.07. The molecule has 0 saturated carbocycles. The standard InChI is InChI=1S/C24H42N4O4Si/c1-15-13-28(19-16-10-11-30-21(16)26-12-17(19)25)14-18(27-22(29)31-23(2,3)4)20(15)32-33(8,9)24(5,6)7/h12,15,18,20H,10-11,13-14,25H2,1-9H3,(H,27,29)/t15-,18+,20?/m0/s1. The van der Waals surface area contributed by atoms with E-state index < -0.39 is 20.0 Å². The number of ether oxygens (including phenoxy) is 2. The Bertz CT molecular complexity index is 878. The number of nitrogens with two attached hydrogens (primary N) is 1. The molecule has 1 fully saturated rings. The molecular formula is C24H42N4O4Si. The van der Waals surface area contributed by atoms with E-state index in [1.54, 1.807) is 6.20 Å². The fourth-order valence-electron chi connectivity index (χ4n) is 4.26. The van der Waals surface area contributed by atoms with Gasteiger partial charge in [-0.15, -0.1) is 0 Å². The zero-order chi connectivity index (χ0) is 24.8. The van der Waals surface area contributed by atoms with Crippen LogP contribution >= 0.6 is 0 Å². The molecule has 3 rings (SSSR count). The molecule has 3 heterocycles. The third kappa shape index (κ3) is 5.74. The Balaban J connectivity index is 1.92. The first-order chi connectivity index (χ1) is 15.1. The summed E-state index contributed by atoms with van der Waals surface area (Å²) in [6, 6.07) is -0.247. The van der Waals surface area contributed by atoms with Crippen LogP contribution in [0.15, 0.2) is 6.20 Å². The molecule has 2 aliphatic heterocycles. The van der Waals surface area contributed by atoms with E-state index in [1.165, 1.54) is 0 Å². The van der Waals surface area contributed by atoms with E-state index in [-0.39, 0.29) is 23.1 Å². The van der Waals surface area contributed by atoms with Crippen molar-refractivity contribution >= 4 is 25.8 Å². The molecule has 8 nitrogen and oxygen atoms in total. The van der Waals surface area contributed by atoms with Crippen molar-refractivity contribution in [2.75, 3.05) is 30.3 Å². The zero-order valence-corrected chi connectivity index (χ0v) is 22.7. The van der Waals surface area contributed by atoms with Gasteiger partial charge in [0.05, 0.1) is 36.3 Å². The average Bonchev–Trinajstić information content (AvgIpc) is 3.10. The van der Waals surface area contributed by atoms with Crippen LogP contribution in [-0.2, 0) is 15.6 Å². The Labute approximate surface area is 199 Å². The van der Waals surface area contributed by atoms with Gasteiger partial charge in [-0.3, -0.25) is 0 Å². The number of piperidine rings is 1. The van der Waals surface area contributed by atoms with Gasteiger partial charge in [0.2, 0.25) is 5.88 Å². The number of amides is 1. The van der Waals surface area contributed by atoms with Crippen LogP contribution in [0.2, 0.25) is 18.1 Å². The third-order valence-corrected chi connectivity index (χ3v) is 11.3. The van der Waals surface area contributed by atoms with Crippen LogP contribution in [0, 0.1) is 5.92 Å². The topological polar surface area (TPSA) is 98.9 Å². The van der Waals surface area contributed by atoms with Gasteiger partial charge in [0.15, 0.2) is 8.32 Å². The summed E-state index contributed by atoms with van der Waals surface area (Å²) >= 11 is 0. The number of hydrogen-bond donors (Lipinski definition) is 2. The molecule has 2 aliphatic rings. The van der Waals surface area contributed by atoms with Crippen molar-refractivity contribution in [3.8, 4) is 5.88 Å². The van der Waals surface area contributed by atoms with E-state index in [1.807, 2.05) is 20.8 Å². The molecule has 1 aromatic heterocycles. The number of carbonyl (C=O) groups is 1. The quantitative estimate of drug-likeness (QED) is 0.621. The normalized spacial score (nSPS) is 23.7. The summed E-state index contributed by atoms with van der Waals surface area (Å²) in [5.41, 5.74) is 8.46. The summed E-state index contributed by atoms with van der Waals surface area (Å²) in [6.45, 7) is 20.9. The van der Waals surface area contributed by atoms with Crippen LogP contribution < -0.4 is 20.7 Å². The van der Waals surface area contributed by atoms with Crippen molar-refractivity contribution in [2.24, 2.45) is 5.92 Å². The first-order valence-corrected chi connectivity index (χ1v) is 14.8. The van der Waals surface area contributed by atoms with E-state index in [0.29, 0.717) is 24.7 Å². The monoisotopic (exact) mass is 478 g/mol. The maximum Gasteiger partial charge on any atom is 0.408 e. The summed E-state index contributed by atoms with van der Waals surface area (Å²) in [5, 5.41) is 3.19. The SMILES string of the molecule is C[C@H]1CN(c2c(N)cnc3c2CCO3)C[C@@H](NC(=O)OC(C)(C)C)C1O[Si](C)(C)C(C)(C)C. The lowest BCUT2D eigenvalue weighted by Gasteiger charge is -2.48. The summed E-state index contributed by atoms with van der Waals surface area (Å²) in [6.07, 6.45) is 1.89. The van der Waals surface area contributed by atoms with Crippen molar-refractivity contribution < 1.29 is 18.7 Å². The molecule has 1 saturated heterocycles. The van der Waals surface area contributed by atoms with Gasteiger partial charge in [-0.05, 0) is 38.9 Å². The van der Waals surface area contributed by atoms with E-state index >= 15 is 0 Å². The van der Waals surface area contributed by atoms with Gasteiger partial charge in [0.1, 0.15) is 5.60 Å². The van der Waals surface area contributed by atoms with Gasteiger partial charge in [-0.2, -0.15) is 0 Å². The Hall–Kier alpha value is -2.00. The van der Waals surface area contributed by atoms with Crippen molar-refractivity contribution in [1.82, 2.24) is 10.3 Å². The highest BCUT2D eigenvalue weighted by Crippen LogP contribution is 2.42. The van der Waals surface area contributed by atoms with E-state index in [2.05, 4.69) is 56.0 Å². The highest BCUT2D eigenvalue weighted by molar-refractivity contribution is 6.74. The Morgan fingerprint density at radius 3 is 2.52 bits per heavy atom. The minimum absolute atomic E-state index is 0.0635. The molecule has 0 aromatic carbocycles. The van der Waals surface area contributed by atoms with Crippen LogP contribution in [0.3, 0.4) is 0 Å². The number of anilines is 2. The lowest BCUT2D eigenvalue weighted by Crippen LogP contribution is -2.63. The van der Waals surface area contributed by atoms with Gasteiger partial charge >= 0.3 is 6.09 Å². The van der Waals surface area contributed by atoms with Crippen molar-refractivity contribution in [3.05, 3.63) is 11.8 Å². The number of rotatable bonds is 4. The highest BCUT2D eigenvalue weighted by atomic mass is 28.4. The molecule has 0 spiro atoms. The van der Waals surface area contributed by atoms with Crippen LogP contribution in [0.25, 0.3) is 0 Å². The molecule has 1 aromatic rings. The average molecular weight is 479 g/mol.